The van der Waals surface area contributed by atoms with Crippen LogP contribution in [-0.4, -0.2) is 42.7 Å². The van der Waals surface area contributed by atoms with Gasteiger partial charge in [0.05, 0.1) is 24.8 Å². The summed E-state index contributed by atoms with van der Waals surface area (Å²) in [6, 6.07) is 12.6. The van der Waals surface area contributed by atoms with E-state index in [4.69, 9.17) is 9.47 Å². The third-order valence-corrected chi connectivity index (χ3v) is 5.44. The molecule has 0 saturated heterocycles. The molecule has 9 heteroatoms. The van der Waals surface area contributed by atoms with Gasteiger partial charge in [0.1, 0.15) is 5.75 Å². The first kappa shape index (κ1) is 25.6. The highest BCUT2D eigenvalue weighted by Gasteiger charge is 2.36. The van der Waals surface area contributed by atoms with Crippen LogP contribution < -0.4 is 20.7 Å². The van der Waals surface area contributed by atoms with Crippen molar-refractivity contribution in [2.24, 2.45) is 0 Å². The Morgan fingerprint density at radius 2 is 1.71 bits per heavy atom. The summed E-state index contributed by atoms with van der Waals surface area (Å²) in [6.45, 7) is 8.62. The number of hydrogen-bond acceptors (Lipinski definition) is 5. The Hall–Kier alpha value is -4.01. The minimum Gasteiger partial charge on any atom is -0.494 e. The predicted molar refractivity (Wildman–Crippen MR) is 134 cm³/mol. The van der Waals surface area contributed by atoms with Gasteiger partial charge in [0, 0.05) is 23.6 Å². The molecule has 0 radical (unpaired) electrons. The van der Waals surface area contributed by atoms with Gasteiger partial charge in [-0.1, -0.05) is 19.1 Å². The molecule has 0 spiro atoms. The van der Waals surface area contributed by atoms with Gasteiger partial charge in [-0.3, -0.25) is 4.90 Å². The number of nitrogens with one attached hydrogen (secondary N) is 3. The highest BCUT2D eigenvalue weighted by atomic mass is 16.5. The second-order valence-electron chi connectivity index (χ2n) is 7.92. The predicted octanol–water partition coefficient (Wildman–Crippen LogP) is 5.04. The zero-order valence-corrected chi connectivity index (χ0v) is 20.5. The summed E-state index contributed by atoms with van der Waals surface area (Å²) in [4.78, 5) is 39.7. The summed E-state index contributed by atoms with van der Waals surface area (Å²) < 4.78 is 10.7. The zero-order valence-electron chi connectivity index (χ0n) is 20.5. The fraction of sp³-hybridized carbons (Fsp3) is 0.346. The molecule has 1 aliphatic heterocycles. The number of amides is 4. The largest absolute Gasteiger partial charge is 0.494 e. The standard InChI is InChI=1S/C26H32N4O5/c1-5-15-30-17(4)22(24(31)35-7-3)23(29-26(30)33)18-9-8-10-20(16-18)28-25(32)27-19-11-13-21(14-12-19)34-6-2/h8-14,16,23H,5-7,15H2,1-4H3,(H,29,33)(H2,27,28,32). The van der Waals surface area contributed by atoms with E-state index in [9.17, 15) is 14.4 Å². The van der Waals surface area contributed by atoms with E-state index in [0.29, 0.717) is 41.4 Å². The Bertz CT molecular complexity index is 1100. The van der Waals surface area contributed by atoms with Crippen LogP contribution in [0.2, 0.25) is 0 Å². The number of anilines is 2. The monoisotopic (exact) mass is 480 g/mol. The minimum atomic E-state index is -0.703. The second-order valence-corrected chi connectivity index (χ2v) is 7.92. The lowest BCUT2D eigenvalue weighted by molar-refractivity contribution is -0.139. The van der Waals surface area contributed by atoms with Crippen molar-refractivity contribution in [2.45, 2.75) is 40.2 Å². The molecule has 1 heterocycles. The number of carbonyl (C=O) groups excluding carboxylic acids is 3. The third-order valence-electron chi connectivity index (χ3n) is 5.44. The van der Waals surface area contributed by atoms with E-state index in [0.717, 1.165) is 12.2 Å². The number of esters is 1. The smallest absolute Gasteiger partial charge is 0.338 e. The van der Waals surface area contributed by atoms with Crippen molar-refractivity contribution < 1.29 is 23.9 Å². The van der Waals surface area contributed by atoms with Gasteiger partial charge >= 0.3 is 18.0 Å². The van der Waals surface area contributed by atoms with Crippen LogP contribution in [0.15, 0.2) is 59.8 Å². The molecule has 9 nitrogen and oxygen atoms in total. The molecule has 0 fully saturated rings. The first-order valence-electron chi connectivity index (χ1n) is 11.7. The number of hydrogen-bond donors (Lipinski definition) is 3. The van der Waals surface area contributed by atoms with E-state index < -0.39 is 18.0 Å². The summed E-state index contributed by atoms with van der Waals surface area (Å²) in [5.74, 6) is 0.238. The maximum absolute atomic E-state index is 12.8. The van der Waals surface area contributed by atoms with E-state index in [1.165, 1.54) is 0 Å². The van der Waals surface area contributed by atoms with Crippen LogP contribution >= 0.6 is 0 Å². The third kappa shape index (κ3) is 6.32. The van der Waals surface area contributed by atoms with Gasteiger partial charge in [-0.2, -0.15) is 0 Å². The van der Waals surface area contributed by atoms with Crippen molar-refractivity contribution in [2.75, 3.05) is 30.4 Å². The maximum atomic E-state index is 12.8. The van der Waals surface area contributed by atoms with E-state index in [1.54, 1.807) is 67.3 Å². The van der Waals surface area contributed by atoms with Crippen molar-refractivity contribution >= 4 is 29.4 Å². The van der Waals surface area contributed by atoms with E-state index in [-0.39, 0.29) is 12.6 Å². The van der Waals surface area contributed by atoms with Crippen molar-refractivity contribution in [3.8, 4) is 5.75 Å². The molecule has 1 atom stereocenters. The molecule has 1 unspecified atom stereocenters. The van der Waals surface area contributed by atoms with E-state index in [1.807, 2.05) is 13.8 Å². The lowest BCUT2D eigenvalue weighted by Gasteiger charge is -2.35. The van der Waals surface area contributed by atoms with Gasteiger partial charge in [0.25, 0.3) is 0 Å². The summed E-state index contributed by atoms with van der Waals surface area (Å²) in [5, 5.41) is 8.48. The van der Waals surface area contributed by atoms with Crippen LogP contribution in [0.3, 0.4) is 0 Å². The molecular weight excluding hydrogens is 448 g/mol. The number of rotatable bonds is 9. The molecule has 0 aliphatic carbocycles. The number of ether oxygens (including phenoxy) is 2. The van der Waals surface area contributed by atoms with Crippen LogP contribution in [0.5, 0.6) is 5.75 Å². The van der Waals surface area contributed by atoms with Gasteiger partial charge in [0.15, 0.2) is 0 Å². The number of allylic oxidation sites excluding steroid dienone is 1. The van der Waals surface area contributed by atoms with Gasteiger partial charge in [0.2, 0.25) is 0 Å². The Kier molecular flexibility index (Phi) is 8.72. The fourth-order valence-corrected chi connectivity index (χ4v) is 3.89. The molecule has 4 amide bonds. The highest BCUT2D eigenvalue weighted by molar-refractivity contribution is 6.00. The molecule has 0 aromatic heterocycles. The summed E-state index contributed by atoms with van der Waals surface area (Å²) in [7, 11) is 0. The summed E-state index contributed by atoms with van der Waals surface area (Å²) in [6.07, 6.45) is 0.744. The van der Waals surface area contributed by atoms with Crippen LogP contribution in [0.25, 0.3) is 0 Å². The fourth-order valence-electron chi connectivity index (χ4n) is 3.89. The molecular formula is C26H32N4O5. The Labute approximate surface area is 205 Å². The van der Waals surface area contributed by atoms with Crippen molar-refractivity contribution in [3.05, 3.63) is 65.4 Å². The van der Waals surface area contributed by atoms with Crippen LogP contribution in [-0.2, 0) is 9.53 Å². The van der Waals surface area contributed by atoms with Crippen LogP contribution in [0.4, 0.5) is 21.0 Å². The number of nitrogens with zero attached hydrogens (tertiary/aromatic N) is 1. The first-order valence-corrected chi connectivity index (χ1v) is 11.7. The van der Waals surface area contributed by atoms with Gasteiger partial charge in [-0.05, 0) is 69.2 Å². The maximum Gasteiger partial charge on any atom is 0.338 e. The molecule has 2 aromatic carbocycles. The quantitative estimate of drug-likeness (QED) is 0.436. The zero-order chi connectivity index (χ0) is 25.4. The molecule has 35 heavy (non-hydrogen) atoms. The van der Waals surface area contributed by atoms with Crippen molar-refractivity contribution in [1.29, 1.82) is 0 Å². The topological polar surface area (TPSA) is 109 Å². The minimum absolute atomic E-state index is 0.220. The molecule has 1 aliphatic rings. The summed E-state index contributed by atoms with van der Waals surface area (Å²) >= 11 is 0. The molecule has 3 N–H and O–H groups in total. The second kappa shape index (κ2) is 11.9. The Balaban J connectivity index is 1.81. The van der Waals surface area contributed by atoms with Gasteiger partial charge in [-0.25, -0.2) is 14.4 Å². The van der Waals surface area contributed by atoms with Gasteiger partial charge in [-0.15, -0.1) is 0 Å². The van der Waals surface area contributed by atoms with Crippen LogP contribution in [0.1, 0.15) is 45.7 Å². The number of urea groups is 2. The van der Waals surface area contributed by atoms with E-state index in [2.05, 4.69) is 16.0 Å². The Morgan fingerprint density at radius 1 is 1.00 bits per heavy atom. The van der Waals surface area contributed by atoms with E-state index >= 15 is 0 Å². The Morgan fingerprint density at radius 3 is 2.37 bits per heavy atom. The molecule has 0 saturated carbocycles. The molecule has 3 rings (SSSR count). The van der Waals surface area contributed by atoms with Gasteiger partial charge < -0.3 is 25.4 Å². The molecule has 2 aromatic rings. The first-order chi connectivity index (χ1) is 16.9. The lowest BCUT2D eigenvalue weighted by atomic mass is 9.94. The highest BCUT2D eigenvalue weighted by Crippen LogP contribution is 2.32. The molecule has 0 bridgehead atoms. The van der Waals surface area contributed by atoms with Crippen molar-refractivity contribution in [1.82, 2.24) is 10.2 Å². The van der Waals surface area contributed by atoms with Crippen molar-refractivity contribution in [3.63, 3.8) is 0 Å². The summed E-state index contributed by atoms with van der Waals surface area (Å²) in [5.41, 5.74) is 2.70. The number of benzene rings is 2. The average Bonchev–Trinajstić information content (AvgIpc) is 2.83. The van der Waals surface area contributed by atoms with Crippen LogP contribution in [0, 0.1) is 0 Å². The normalized spacial score (nSPS) is 15.4. The average molecular weight is 481 g/mol. The molecule has 186 valence electrons. The lowest BCUT2D eigenvalue weighted by Crippen LogP contribution is -2.48. The SMILES string of the molecule is CCCN1C(=O)NC(c2cccc(NC(=O)Nc3ccc(OCC)cc3)c2)C(C(=O)OCC)=C1C. The number of carbonyl (C=O) groups is 3.